The molecule has 0 aliphatic carbocycles. The highest BCUT2D eigenvalue weighted by molar-refractivity contribution is 7.17. The molecule has 0 aliphatic rings. The minimum Gasteiger partial charge on any atom is -0.491 e. The van der Waals surface area contributed by atoms with Crippen molar-refractivity contribution in [3.05, 3.63) is 80.7 Å². The van der Waals surface area contributed by atoms with Gasteiger partial charge in [-0.05, 0) is 55.5 Å². The number of nitrogens with zero attached hydrogens (tertiary/aromatic N) is 2. The maximum Gasteiger partial charge on any atom is 0.260 e. The summed E-state index contributed by atoms with van der Waals surface area (Å²) in [6.45, 7) is 8.41. The SMILES string of the molecule is COCCCN(Cc1nc2scc(-c3ccc(C)c(C)c3)c2c(=O)[nH]1)CC(O)COc1ccccc1C. The summed E-state index contributed by atoms with van der Waals surface area (Å²) in [7, 11) is 1.67. The molecule has 2 aromatic heterocycles. The van der Waals surface area contributed by atoms with Gasteiger partial charge in [0.1, 0.15) is 29.1 Å². The van der Waals surface area contributed by atoms with Crippen molar-refractivity contribution in [1.29, 1.82) is 0 Å². The molecule has 0 saturated carbocycles. The number of aliphatic hydroxyl groups excluding tert-OH is 1. The van der Waals surface area contributed by atoms with E-state index < -0.39 is 6.10 Å². The minimum absolute atomic E-state index is 0.144. The number of aromatic amines is 1. The van der Waals surface area contributed by atoms with Gasteiger partial charge in [-0.15, -0.1) is 11.3 Å². The summed E-state index contributed by atoms with van der Waals surface area (Å²) in [5.41, 5.74) is 5.22. The summed E-state index contributed by atoms with van der Waals surface area (Å²) in [4.78, 5) is 23.7. The fraction of sp³-hybridized carbons (Fsp3) is 0.379. The van der Waals surface area contributed by atoms with Crippen LogP contribution in [0.4, 0.5) is 0 Å². The van der Waals surface area contributed by atoms with Gasteiger partial charge in [-0.2, -0.15) is 0 Å². The molecule has 1 unspecified atom stereocenters. The number of aliphatic hydroxyl groups is 1. The summed E-state index contributed by atoms with van der Waals surface area (Å²) < 4.78 is 11.1. The molecular weight excluding hydrogens is 486 g/mol. The van der Waals surface area contributed by atoms with E-state index >= 15 is 0 Å². The van der Waals surface area contributed by atoms with Crippen LogP contribution < -0.4 is 10.3 Å². The Bertz CT molecular complexity index is 1400. The third-order valence-corrected chi connectivity index (χ3v) is 7.37. The normalized spacial score (nSPS) is 12.4. The van der Waals surface area contributed by atoms with Crippen molar-refractivity contribution < 1.29 is 14.6 Å². The third kappa shape index (κ3) is 6.84. The monoisotopic (exact) mass is 521 g/mol. The highest BCUT2D eigenvalue weighted by atomic mass is 32.1. The molecular formula is C29H35N3O4S. The zero-order chi connectivity index (χ0) is 26.4. The first-order valence-electron chi connectivity index (χ1n) is 12.5. The lowest BCUT2D eigenvalue weighted by Crippen LogP contribution is -2.37. The second kappa shape index (κ2) is 12.5. The Kier molecular flexibility index (Phi) is 9.10. The minimum atomic E-state index is -0.698. The number of methoxy groups -OCH3 is 1. The van der Waals surface area contributed by atoms with Gasteiger partial charge >= 0.3 is 0 Å². The summed E-state index contributed by atoms with van der Waals surface area (Å²) in [5.74, 6) is 1.34. The topological polar surface area (TPSA) is 87.7 Å². The van der Waals surface area contributed by atoms with Gasteiger partial charge < -0.3 is 19.6 Å². The van der Waals surface area contributed by atoms with E-state index in [1.807, 2.05) is 36.6 Å². The smallest absolute Gasteiger partial charge is 0.260 e. The second-order valence-corrected chi connectivity index (χ2v) is 10.3. The molecule has 0 spiro atoms. The molecule has 0 fully saturated rings. The van der Waals surface area contributed by atoms with Crippen LogP contribution in [0.1, 0.15) is 28.9 Å². The Balaban J connectivity index is 1.50. The van der Waals surface area contributed by atoms with Gasteiger partial charge in [-0.3, -0.25) is 9.69 Å². The molecule has 0 saturated heterocycles. The Morgan fingerprint density at radius 1 is 1.11 bits per heavy atom. The first kappa shape index (κ1) is 27.0. The van der Waals surface area contributed by atoms with Gasteiger partial charge in [-0.25, -0.2) is 4.98 Å². The second-order valence-electron chi connectivity index (χ2n) is 9.45. The Morgan fingerprint density at radius 2 is 1.92 bits per heavy atom. The van der Waals surface area contributed by atoms with Gasteiger partial charge in [0.15, 0.2) is 0 Å². The van der Waals surface area contributed by atoms with Crippen molar-refractivity contribution in [2.75, 3.05) is 33.4 Å². The molecule has 2 heterocycles. The predicted molar refractivity (Wildman–Crippen MR) is 150 cm³/mol. The first-order valence-corrected chi connectivity index (χ1v) is 13.4. The van der Waals surface area contributed by atoms with Crippen LogP contribution in [0, 0.1) is 20.8 Å². The van der Waals surface area contributed by atoms with Gasteiger partial charge in [0.25, 0.3) is 5.56 Å². The van der Waals surface area contributed by atoms with Crippen LogP contribution in [0.25, 0.3) is 21.3 Å². The van der Waals surface area contributed by atoms with Crippen molar-refractivity contribution in [2.45, 2.75) is 39.8 Å². The van der Waals surface area contributed by atoms with Crippen LogP contribution in [0.2, 0.25) is 0 Å². The van der Waals surface area contributed by atoms with Crippen molar-refractivity contribution >= 4 is 21.6 Å². The van der Waals surface area contributed by atoms with E-state index in [4.69, 9.17) is 14.5 Å². The summed E-state index contributed by atoms with van der Waals surface area (Å²) in [6.07, 6.45) is 0.0975. The molecule has 0 amide bonds. The Labute approximate surface area is 221 Å². The molecule has 37 heavy (non-hydrogen) atoms. The van der Waals surface area contributed by atoms with Gasteiger partial charge in [0.2, 0.25) is 0 Å². The molecule has 4 rings (SSSR count). The number of hydrogen-bond donors (Lipinski definition) is 2. The number of aromatic nitrogens is 2. The molecule has 7 nitrogen and oxygen atoms in total. The number of hydrogen-bond acceptors (Lipinski definition) is 7. The van der Waals surface area contributed by atoms with E-state index in [0.29, 0.717) is 42.3 Å². The number of benzene rings is 2. The van der Waals surface area contributed by atoms with E-state index in [2.05, 4.69) is 41.9 Å². The summed E-state index contributed by atoms with van der Waals surface area (Å²) in [6, 6.07) is 14.0. The van der Waals surface area contributed by atoms with Crippen LogP contribution >= 0.6 is 11.3 Å². The van der Waals surface area contributed by atoms with E-state index in [-0.39, 0.29) is 12.2 Å². The third-order valence-electron chi connectivity index (χ3n) is 6.50. The predicted octanol–water partition coefficient (Wildman–Crippen LogP) is 4.86. The lowest BCUT2D eigenvalue weighted by atomic mass is 10.0. The number of aryl methyl sites for hydroxylation is 3. The molecule has 0 bridgehead atoms. The Hall–Kier alpha value is -3.04. The average molecular weight is 522 g/mol. The molecule has 196 valence electrons. The van der Waals surface area contributed by atoms with Crippen LogP contribution in [-0.2, 0) is 11.3 Å². The molecule has 1 atom stereocenters. The number of nitrogens with one attached hydrogen (secondary N) is 1. The lowest BCUT2D eigenvalue weighted by Gasteiger charge is -2.25. The molecule has 2 aromatic carbocycles. The van der Waals surface area contributed by atoms with Crippen molar-refractivity contribution in [3.63, 3.8) is 0 Å². The fourth-order valence-electron chi connectivity index (χ4n) is 4.32. The highest BCUT2D eigenvalue weighted by Crippen LogP contribution is 2.31. The van der Waals surface area contributed by atoms with Gasteiger partial charge in [-0.1, -0.05) is 36.4 Å². The highest BCUT2D eigenvalue weighted by Gasteiger charge is 2.18. The van der Waals surface area contributed by atoms with Crippen LogP contribution in [-0.4, -0.2) is 59.5 Å². The average Bonchev–Trinajstić information content (AvgIpc) is 3.30. The summed E-state index contributed by atoms with van der Waals surface area (Å²) >= 11 is 1.48. The standard InChI is InChI=1S/C29H35N3O4S/c1-19-10-11-22(14-21(19)3)24-18-37-29-27(24)28(34)30-26(31-29)16-32(12-7-13-35-4)15-23(33)17-36-25-9-6-5-8-20(25)2/h5-6,8-11,14,18,23,33H,7,12-13,15-17H2,1-4H3,(H,30,31,34). The molecule has 4 aromatic rings. The zero-order valence-electron chi connectivity index (χ0n) is 21.9. The maximum atomic E-state index is 13.2. The van der Waals surface area contributed by atoms with Crippen molar-refractivity contribution in [1.82, 2.24) is 14.9 Å². The van der Waals surface area contributed by atoms with Crippen molar-refractivity contribution in [3.8, 4) is 16.9 Å². The number of para-hydroxylation sites is 1. The summed E-state index contributed by atoms with van der Waals surface area (Å²) in [5, 5.41) is 13.3. The van der Waals surface area contributed by atoms with Gasteiger partial charge in [0, 0.05) is 37.7 Å². The lowest BCUT2D eigenvalue weighted by molar-refractivity contribution is 0.0607. The Morgan fingerprint density at radius 3 is 2.68 bits per heavy atom. The molecule has 8 heteroatoms. The fourth-order valence-corrected chi connectivity index (χ4v) is 5.29. The van der Waals surface area contributed by atoms with Crippen LogP contribution in [0.15, 0.2) is 52.6 Å². The van der Waals surface area contributed by atoms with E-state index in [1.54, 1.807) is 7.11 Å². The van der Waals surface area contributed by atoms with Crippen molar-refractivity contribution in [2.24, 2.45) is 0 Å². The van der Waals surface area contributed by atoms with Crippen LogP contribution in [0.3, 0.4) is 0 Å². The number of fused-ring (bicyclic) bond motifs is 1. The number of rotatable bonds is 12. The quantitative estimate of drug-likeness (QED) is 0.259. The molecule has 0 aliphatic heterocycles. The number of H-pyrrole nitrogens is 1. The van der Waals surface area contributed by atoms with Gasteiger partial charge in [0.05, 0.1) is 11.9 Å². The number of ether oxygens (including phenoxy) is 2. The van der Waals surface area contributed by atoms with E-state index in [9.17, 15) is 9.90 Å². The molecule has 2 N–H and O–H groups in total. The first-order chi connectivity index (χ1) is 17.9. The zero-order valence-corrected chi connectivity index (χ0v) is 22.7. The van der Waals surface area contributed by atoms with E-state index in [1.165, 1.54) is 22.5 Å². The largest absolute Gasteiger partial charge is 0.491 e. The number of thiophene rings is 1. The van der Waals surface area contributed by atoms with Crippen LogP contribution in [0.5, 0.6) is 5.75 Å². The van der Waals surface area contributed by atoms with E-state index in [0.717, 1.165) is 28.9 Å². The molecule has 0 radical (unpaired) electrons. The maximum absolute atomic E-state index is 13.2.